The number of hydrazine groups is 1. The van der Waals surface area contributed by atoms with Gasteiger partial charge in [-0.05, 0) is 62.6 Å². The van der Waals surface area contributed by atoms with E-state index in [1.54, 1.807) is 26.0 Å². The summed E-state index contributed by atoms with van der Waals surface area (Å²) in [6.45, 7) is 3.89. The Hall–Kier alpha value is -5.63. The fourth-order valence-electron chi connectivity index (χ4n) is 8.07. The Morgan fingerprint density at radius 3 is 2.40 bits per heavy atom. The van der Waals surface area contributed by atoms with Crippen LogP contribution in [0.2, 0.25) is 0 Å². The molecule has 3 N–H and O–H groups in total. The molecule has 0 saturated carbocycles. The first-order valence-corrected chi connectivity index (χ1v) is 19.7. The van der Waals surface area contributed by atoms with Crippen LogP contribution in [0.1, 0.15) is 54.9 Å². The minimum absolute atomic E-state index is 0.0140. The van der Waals surface area contributed by atoms with Crippen LogP contribution >= 0.6 is 0 Å². The third-order valence-corrected chi connectivity index (χ3v) is 11.5. The molecule has 5 heterocycles. The molecule has 20 heteroatoms. The third kappa shape index (κ3) is 8.79. The maximum absolute atomic E-state index is 15.6. The Kier molecular flexibility index (Phi) is 11.9. The molecule has 3 saturated heterocycles. The van der Waals surface area contributed by atoms with Crippen LogP contribution in [0, 0.1) is 11.7 Å². The van der Waals surface area contributed by atoms with Crippen LogP contribution < -0.4 is 35.5 Å². The number of piperazine rings is 1. The predicted molar refractivity (Wildman–Crippen MR) is 211 cm³/mol. The van der Waals surface area contributed by atoms with E-state index in [0.29, 0.717) is 49.5 Å². The molecule has 4 aliphatic rings. The molecule has 4 amide bonds. The second kappa shape index (κ2) is 16.8. The molecule has 3 fully saturated rings. The lowest BCUT2D eigenvalue weighted by molar-refractivity contribution is -0.140. The lowest BCUT2D eigenvalue weighted by atomic mass is 9.90. The number of hydrogen-bond donors (Lipinski definition) is 3. The van der Waals surface area contributed by atoms with E-state index in [1.165, 1.54) is 54.5 Å². The van der Waals surface area contributed by atoms with E-state index in [0.717, 1.165) is 4.90 Å². The standard InChI is InChI=1S/C40H47F5N10O5/c1-23(2)55-22-40(44,45)37(59)51(3)31-19-46-38(49-34(31)55)47-29-8-5-25(18-32(29)60-4)35(57)50-54-12-11-26(39(42,43)21-54)20-52-13-15-53(16-14-52)30-9-6-24(17-28(30)41)27-7-10-33(56)48-36(27)58/h5-6,8-9,17-19,23,26-27H,7,10-16,20-22H2,1-4H3,(H,50,57)(H,46,47,49)(H,48,56,58). The number of anilines is 5. The van der Waals surface area contributed by atoms with Crippen LogP contribution in [0.15, 0.2) is 42.6 Å². The minimum Gasteiger partial charge on any atom is -0.495 e. The molecule has 15 nitrogen and oxygen atoms in total. The van der Waals surface area contributed by atoms with Crippen molar-refractivity contribution in [3.8, 4) is 5.75 Å². The van der Waals surface area contributed by atoms with Gasteiger partial charge in [-0.3, -0.25) is 34.8 Å². The van der Waals surface area contributed by atoms with Crippen molar-refractivity contribution in [2.75, 3.05) is 86.5 Å². The van der Waals surface area contributed by atoms with Crippen molar-refractivity contribution in [3.63, 3.8) is 0 Å². The van der Waals surface area contributed by atoms with E-state index in [4.69, 9.17) is 4.74 Å². The van der Waals surface area contributed by atoms with E-state index >= 15 is 13.2 Å². The zero-order chi connectivity index (χ0) is 43.1. The number of rotatable bonds is 10. The molecule has 0 bridgehead atoms. The van der Waals surface area contributed by atoms with Crippen LogP contribution in [0.25, 0.3) is 0 Å². The van der Waals surface area contributed by atoms with Crippen LogP contribution in [-0.2, 0) is 14.4 Å². The van der Waals surface area contributed by atoms with Crippen LogP contribution in [0.5, 0.6) is 5.75 Å². The Morgan fingerprint density at radius 2 is 1.73 bits per heavy atom. The topological polar surface area (TPSA) is 156 Å². The zero-order valence-corrected chi connectivity index (χ0v) is 33.6. The van der Waals surface area contributed by atoms with Crippen LogP contribution in [0.3, 0.4) is 0 Å². The van der Waals surface area contributed by atoms with Crippen LogP contribution in [0.4, 0.5) is 50.8 Å². The van der Waals surface area contributed by atoms with Gasteiger partial charge in [-0.15, -0.1) is 0 Å². The molecule has 4 aliphatic heterocycles. The first-order chi connectivity index (χ1) is 28.4. The molecule has 7 rings (SSSR count). The van der Waals surface area contributed by atoms with E-state index in [2.05, 4.69) is 26.0 Å². The zero-order valence-electron chi connectivity index (χ0n) is 33.6. The molecule has 2 aromatic carbocycles. The Morgan fingerprint density at radius 1 is 0.983 bits per heavy atom. The predicted octanol–water partition coefficient (Wildman–Crippen LogP) is 4.14. The maximum atomic E-state index is 15.6. The maximum Gasteiger partial charge on any atom is 0.342 e. The number of methoxy groups -OCH3 is 1. The van der Waals surface area contributed by atoms with Crippen molar-refractivity contribution < 1.29 is 45.9 Å². The molecular weight excluding hydrogens is 795 g/mol. The largest absolute Gasteiger partial charge is 0.495 e. The molecule has 60 heavy (non-hydrogen) atoms. The second-order valence-corrected chi connectivity index (χ2v) is 15.8. The fraction of sp³-hybridized carbons (Fsp3) is 0.500. The van der Waals surface area contributed by atoms with E-state index in [1.807, 2.05) is 9.80 Å². The summed E-state index contributed by atoms with van der Waals surface area (Å²) in [5.74, 6) is -11.3. The highest BCUT2D eigenvalue weighted by molar-refractivity contribution is 6.02. The number of carbonyl (C=O) groups excluding carboxylic acids is 4. The number of amides is 4. The smallest absolute Gasteiger partial charge is 0.342 e. The lowest BCUT2D eigenvalue weighted by Crippen LogP contribution is -2.58. The van der Waals surface area contributed by atoms with E-state index < -0.39 is 66.4 Å². The van der Waals surface area contributed by atoms with Gasteiger partial charge in [0.05, 0.1) is 43.7 Å². The quantitative estimate of drug-likeness (QED) is 0.199. The van der Waals surface area contributed by atoms with Gasteiger partial charge in [-0.25, -0.2) is 23.2 Å². The fourth-order valence-corrected chi connectivity index (χ4v) is 8.07. The summed E-state index contributed by atoms with van der Waals surface area (Å²) in [5, 5.41) is 6.47. The first kappa shape index (κ1) is 42.5. The highest BCUT2D eigenvalue weighted by Gasteiger charge is 2.48. The van der Waals surface area contributed by atoms with Crippen molar-refractivity contribution in [2.45, 2.75) is 56.9 Å². The van der Waals surface area contributed by atoms with Gasteiger partial charge in [0.15, 0.2) is 5.82 Å². The van der Waals surface area contributed by atoms with E-state index in [9.17, 15) is 28.0 Å². The summed E-state index contributed by atoms with van der Waals surface area (Å²) < 4.78 is 81.4. The minimum atomic E-state index is -3.65. The van der Waals surface area contributed by atoms with Gasteiger partial charge < -0.3 is 24.8 Å². The highest BCUT2D eigenvalue weighted by Crippen LogP contribution is 2.38. The van der Waals surface area contributed by atoms with Gasteiger partial charge in [0, 0.05) is 70.3 Å². The number of nitrogens with zero attached hydrogens (tertiary/aromatic N) is 7. The summed E-state index contributed by atoms with van der Waals surface area (Å²) in [5.41, 5.74) is 4.01. The SMILES string of the molecule is COc1cc(C(=O)NN2CCC(CN3CCN(c4ccc(C5CCC(=O)NC5=O)cc4F)CC3)C(F)(F)C2)ccc1Nc1ncc2c(n1)N(C(C)C)CC(F)(F)C(=O)N2C. The number of piperidine rings is 2. The van der Waals surface area contributed by atoms with Gasteiger partial charge >= 0.3 is 5.92 Å². The number of benzene rings is 2. The Bertz CT molecular complexity index is 2150. The summed E-state index contributed by atoms with van der Waals surface area (Å²) >= 11 is 0. The van der Waals surface area contributed by atoms with Crippen LogP contribution in [-0.4, -0.2) is 128 Å². The number of ether oxygens (including phenoxy) is 1. The normalized spacial score (nSPS) is 22.3. The summed E-state index contributed by atoms with van der Waals surface area (Å²) in [7, 11) is 2.60. The number of aromatic nitrogens is 2. The number of fused-ring (bicyclic) bond motifs is 1. The average molecular weight is 843 g/mol. The molecule has 2 unspecified atom stereocenters. The van der Waals surface area contributed by atoms with Crippen molar-refractivity contribution in [3.05, 3.63) is 59.5 Å². The van der Waals surface area contributed by atoms with Crippen molar-refractivity contribution in [1.29, 1.82) is 0 Å². The Labute approximate surface area is 343 Å². The van der Waals surface area contributed by atoms with Crippen molar-refractivity contribution in [2.24, 2.45) is 5.92 Å². The first-order valence-electron chi connectivity index (χ1n) is 19.7. The van der Waals surface area contributed by atoms with Gasteiger partial charge in [0.25, 0.3) is 17.7 Å². The average Bonchev–Trinajstić information content (AvgIpc) is 3.27. The van der Waals surface area contributed by atoms with Gasteiger partial charge in [0.1, 0.15) is 17.3 Å². The monoisotopic (exact) mass is 842 g/mol. The molecule has 1 aromatic heterocycles. The third-order valence-electron chi connectivity index (χ3n) is 11.5. The second-order valence-electron chi connectivity index (χ2n) is 15.8. The highest BCUT2D eigenvalue weighted by atomic mass is 19.3. The summed E-state index contributed by atoms with van der Waals surface area (Å²) in [4.78, 5) is 64.1. The van der Waals surface area contributed by atoms with Gasteiger partial charge in [-0.1, -0.05) is 6.07 Å². The van der Waals surface area contributed by atoms with Crippen molar-refractivity contribution >= 4 is 52.5 Å². The number of halogens is 5. The Balaban J connectivity index is 0.925. The number of nitrogens with one attached hydrogen (secondary N) is 3. The number of imide groups is 1. The summed E-state index contributed by atoms with van der Waals surface area (Å²) in [6.07, 6.45) is 1.89. The molecule has 322 valence electrons. The molecule has 2 atom stereocenters. The van der Waals surface area contributed by atoms with Gasteiger partial charge in [-0.2, -0.15) is 13.8 Å². The number of alkyl halides is 4. The van der Waals surface area contributed by atoms with Crippen molar-refractivity contribution in [1.82, 2.24) is 30.6 Å². The molecular formula is C40H47F5N10O5. The molecule has 0 spiro atoms. The lowest BCUT2D eigenvalue weighted by Gasteiger charge is -2.42. The summed E-state index contributed by atoms with van der Waals surface area (Å²) in [6, 6.07) is 8.59. The molecule has 0 radical (unpaired) electrons. The van der Waals surface area contributed by atoms with E-state index in [-0.39, 0.29) is 60.6 Å². The van der Waals surface area contributed by atoms with Gasteiger partial charge in [0.2, 0.25) is 17.8 Å². The number of hydrogen-bond acceptors (Lipinski definition) is 12. The molecule has 3 aromatic rings. The molecule has 0 aliphatic carbocycles. The number of carbonyl (C=O) groups is 4.